The predicted molar refractivity (Wildman–Crippen MR) is 34.2 cm³/mol. The summed E-state index contributed by atoms with van der Waals surface area (Å²) in [6.07, 6.45) is 1.88. The summed E-state index contributed by atoms with van der Waals surface area (Å²) in [4.78, 5) is 0. The summed E-state index contributed by atoms with van der Waals surface area (Å²) in [6.45, 7) is 0.626. The van der Waals surface area contributed by atoms with Crippen molar-refractivity contribution in [2.45, 2.75) is 6.54 Å². The molecule has 0 amide bonds. The Morgan fingerprint density at radius 3 is 3.11 bits per heavy atom. The Bertz CT molecular complexity index is 181. The molecule has 9 heavy (non-hydrogen) atoms. The lowest BCUT2D eigenvalue weighted by molar-refractivity contribution is 0.683. The lowest BCUT2D eigenvalue weighted by Gasteiger charge is -1.90. The van der Waals surface area contributed by atoms with Crippen molar-refractivity contribution >= 4 is 0 Å². The smallest absolute Gasteiger partial charge is 0.0776 e. The Labute approximate surface area is 53.6 Å². The van der Waals surface area contributed by atoms with E-state index in [2.05, 4.69) is 10.5 Å². The summed E-state index contributed by atoms with van der Waals surface area (Å²) in [6, 6.07) is 1.92. The molecule has 1 aromatic heterocycles. The van der Waals surface area contributed by atoms with Crippen LogP contribution in [0.4, 0.5) is 0 Å². The molecule has 0 atom stereocenters. The molecule has 0 bridgehead atoms. The molecule has 0 aliphatic carbocycles. The third-order valence-corrected chi connectivity index (χ3v) is 1.05. The third-order valence-electron chi connectivity index (χ3n) is 1.05. The summed E-state index contributed by atoms with van der Waals surface area (Å²) in [7, 11) is 1.88. The van der Waals surface area contributed by atoms with Gasteiger partial charge in [-0.15, -0.1) is 0 Å². The second-order valence-corrected chi connectivity index (χ2v) is 1.86. The van der Waals surface area contributed by atoms with Crippen LogP contribution in [0.1, 0.15) is 5.69 Å². The van der Waals surface area contributed by atoms with Crippen molar-refractivity contribution in [1.82, 2.24) is 15.2 Å². The number of aryl methyl sites for hydroxylation is 1. The number of aromatic nitrogens is 2. The second-order valence-electron chi connectivity index (χ2n) is 1.86. The van der Waals surface area contributed by atoms with Gasteiger partial charge in [0.05, 0.1) is 12.2 Å². The fraction of sp³-hybridized carbons (Fsp3) is 0.400. The van der Waals surface area contributed by atoms with Crippen LogP contribution in [-0.2, 0) is 13.6 Å². The van der Waals surface area contributed by atoms with Crippen LogP contribution in [0.5, 0.6) is 0 Å². The van der Waals surface area contributed by atoms with Gasteiger partial charge in [-0.05, 0) is 6.07 Å². The van der Waals surface area contributed by atoms with Crippen LogP contribution < -0.4 is 11.3 Å². The molecule has 0 saturated heterocycles. The largest absolute Gasteiger partial charge is 0.276 e. The van der Waals surface area contributed by atoms with Gasteiger partial charge in [0.25, 0.3) is 0 Å². The number of nitrogens with zero attached hydrogens (tertiary/aromatic N) is 2. The van der Waals surface area contributed by atoms with E-state index in [4.69, 9.17) is 5.84 Å². The van der Waals surface area contributed by atoms with Gasteiger partial charge in [0.15, 0.2) is 0 Å². The molecule has 0 saturated carbocycles. The zero-order chi connectivity index (χ0) is 6.69. The van der Waals surface area contributed by atoms with Crippen molar-refractivity contribution in [3.05, 3.63) is 18.0 Å². The monoisotopic (exact) mass is 126 g/mol. The van der Waals surface area contributed by atoms with E-state index in [-0.39, 0.29) is 0 Å². The van der Waals surface area contributed by atoms with Gasteiger partial charge in [-0.2, -0.15) is 5.10 Å². The van der Waals surface area contributed by atoms with Crippen LogP contribution in [0.25, 0.3) is 0 Å². The number of rotatable bonds is 2. The average Bonchev–Trinajstić information content (AvgIpc) is 2.17. The molecule has 50 valence electrons. The van der Waals surface area contributed by atoms with Gasteiger partial charge >= 0.3 is 0 Å². The van der Waals surface area contributed by atoms with Gasteiger partial charge in [-0.3, -0.25) is 16.0 Å². The molecular formula is C5H10N4. The Kier molecular flexibility index (Phi) is 1.81. The standard InChI is InChI=1S/C5H10N4/c1-9-3-2-5(8-9)4-7-6/h2-3,7H,4,6H2,1H3. The van der Waals surface area contributed by atoms with Gasteiger partial charge in [0.1, 0.15) is 0 Å². The van der Waals surface area contributed by atoms with E-state index in [1.54, 1.807) is 4.68 Å². The first kappa shape index (κ1) is 6.25. The number of hydrogen-bond acceptors (Lipinski definition) is 3. The molecule has 0 unspecified atom stereocenters. The van der Waals surface area contributed by atoms with Gasteiger partial charge in [-0.1, -0.05) is 0 Å². The van der Waals surface area contributed by atoms with E-state index < -0.39 is 0 Å². The first-order valence-electron chi connectivity index (χ1n) is 2.75. The summed E-state index contributed by atoms with van der Waals surface area (Å²) in [5, 5.41) is 4.07. The molecule has 0 aromatic carbocycles. The van der Waals surface area contributed by atoms with Crippen molar-refractivity contribution in [3.8, 4) is 0 Å². The van der Waals surface area contributed by atoms with Gasteiger partial charge in [-0.25, -0.2) is 0 Å². The molecule has 0 aliphatic rings. The van der Waals surface area contributed by atoms with Crippen molar-refractivity contribution in [2.24, 2.45) is 12.9 Å². The molecule has 0 aliphatic heterocycles. The first-order chi connectivity index (χ1) is 4.33. The van der Waals surface area contributed by atoms with E-state index in [0.29, 0.717) is 6.54 Å². The quantitative estimate of drug-likeness (QED) is 0.410. The maximum atomic E-state index is 5.07. The van der Waals surface area contributed by atoms with Crippen LogP contribution in [0.15, 0.2) is 12.3 Å². The lowest BCUT2D eigenvalue weighted by atomic mass is 10.4. The van der Waals surface area contributed by atoms with Crippen LogP contribution in [0, 0.1) is 0 Å². The Hall–Kier alpha value is -0.870. The lowest BCUT2D eigenvalue weighted by Crippen LogP contribution is -2.21. The van der Waals surface area contributed by atoms with Crippen molar-refractivity contribution < 1.29 is 0 Å². The minimum Gasteiger partial charge on any atom is -0.276 e. The molecule has 1 heterocycles. The zero-order valence-corrected chi connectivity index (χ0v) is 5.33. The number of nitrogens with two attached hydrogens (primary N) is 1. The highest BCUT2D eigenvalue weighted by molar-refractivity contribution is 4.97. The molecule has 0 spiro atoms. The minimum absolute atomic E-state index is 0.626. The second kappa shape index (κ2) is 2.61. The highest BCUT2D eigenvalue weighted by Gasteiger charge is 1.91. The van der Waals surface area contributed by atoms with Crippen molar-refractivity contribution in [2.75, 3.05) is 0 Å². The molecular weight excluding hydrogens is 116 g/mol. The maximum absolute atomic E-state index is 5.07. The summed E-state index contributed by atoms with van der Waals surface area (Å²) < 4.78 is 1.74. The van der Waals surface area contributed by atoms with E-state index in [9.17, 15) is 0 Å². The van der Waals surface area contributed by atoms with E-state index >= 15 is 0 Å². The van der Waals surface area contributed by atoms with Crippen molar-refractivity contribution in [3.63, 3.8) is 0 Å². The normalized spacial score (nSPS) is 10.0. The van der Waals surface area contributed by atoms with E-state index in [1.165, 1.54) is 0 Å². The van der Waals surface area contributed by atoms with Gasteiger partial charge in [0, 0.05) is 13.2 Å². The van der Waals surface area contributed by atoms with Crippen LogP contribution >= 0.6 is 0 Å². The average molecular weight is 126 g/mol. The summed E-state index contributed by atoms with van der Waals surface area (Å²) >= 11 is 0. The Morgan fingerprint density at radius 2 is 2.67 bits per heavy atom. The molecule has 3 N–H and O–H groups in total. The van der Waals surface area contributed by atoms with Crippen molar-refractivity contribution in [1.29, 1.82) is 0 Å². The number of hydrazine groups is 1. The summed E-state index contributed by atoms with van der Waals surface area (Å²) in [5.74, 6) is 5.07. The molecule has 0 radical (unpaired) electrons. The van der Waals surface area contributed by atoms with Gasteiger partial charge < -0.3 is 0 Å². The van der Waals surface area contributed by atoms with E-state index in [1.807, 2.05) is 19.3 Å². The fourth-order valence-corrected chi connectivity index (χ4v) is 0.662. The van der Waals surface area contributed by atoms with Gasteiger partial charge in [0.2, 0.25) is 0 Å². The molecule has 0 fully saturated rings. The van der Waals surface area contributed by atoms with Crippen LogP contribution in [0.2, 0.25) is 0 Å². The molecule has 1 aromatic rings. The van der Waals surface area contributed by atoms with E-state index in [0.717, 1.165) is 5.69 Å². The Balaban J connectivity index is 2.61. The Morgan fingerprint density at radius 1 is 1.89 bits per heavy atom. The maximum Gasteiger partial charge on any atom is 0.0776 e. The summed E-state index contributed by atoms with van der Waals surface area (Å²) in [5.41, 5.74) is 3.48. The minimum atomic E-state index is 0.626. The zero-order valence-electron chi connectivity index (χ0n) is 5.33. The molecule has 1 rings (SSSR count). The van der Waals surface area contributed by atoms with Crippen LogP contribution in [0.3, 0.4) is 0 Å². The topological polar surface area (TPSA) is 55.9 Å². The molecule has 4 heteroatoms. The fourth-order valence-electron chi connectivity index (χ4n) is 0.662. The first-order valence-corrected chi connectivity index (χ1v) is 2.75. The number of nitrogens with one attached hydrogen (secondary N) is 1. The predicted octanol–water partition coefficient (Wildman–Crippen LogP) is -0.617. The van der Waals surface area contributed by atoms with Crippen LogP contribution in [-0.4, -0.2) is 9.78 Å². The SMILES string of the molecule is Cn1ccc(CNN)n1. The third kappa shape index (κ3) is 1.51. The highest BCUT2D eigenvalue weighted by Crippen LogP contribution is 1.90. The molecule has 4 nitrogen and oxygen atoms in total. The highest BCUT2D eigenvalue weighted by atomic mass is 15.3. The number of hydrogen-bond donors (Lipinski definition) is 2.